The number of carbonyl (C=O) groups is 1. The molecule has 98 valence electrons. The third-order valence-corrected chi connectivity index (χ3v) is 2.06. The normalized spacial score (nSPS) is 10.2. The van der Waals surface area contributed by atoms with Crippen LogP contribution in [0.1, 0.15) is 6.92 Å². The lowest BCUT2D eigenvalue weighted by Crippen LogP contribution is -2.27. The Morgan fingerprint density at radius 2 is 2.17 bits per heavy atom. The number of hydrogen-bond acceptors (Lipinski definition) is 3. The van der Waals surface area contributed by atoms with Crippen molar-refractivity contribution in [1.29, 1.82) is 0 Å². The van der Waals surface area contributed by atoms with Crippen molar-refractivity contribution in [2.75, 3.05) is 32.6 Å². The monoisotopic (exact) mass is 248 g/mol. The number of nitrogens with zero attached hydrogens (tertiary/aromatic N) is 1. The number of anilines is 1. The standard InChI is InChI=1S/C14H20N2O2/c1-11(2)10-18-13-7-5-6-12(8-13)15-14(17)9-16(3)4/h5-8H,1,9-10H2,2-4H3,(H,15,17). The average molecular weight is 248 g/mol. The number of rotatable bonds is 6. The SMILES string of the molecule is C=C(C)COc1cccc(NC(=O)CN(C)C)c1. The average Bonchev–Trinajstić information content (AvgIpc) is 2.25. The van der Waals surface area contributed by atoms with Crippen LogP contribution in [0.25, 0.3) is 0 Å². The molecule has 0 atom stereocenters. The van der Waals surface area contributed by atoms with E-state index in [1.54, 1.807) is 6.07 Å². The Kier molecular flexibility index (Phi) is 5.39. The lowest BCUT2D eigenvalue weighted by atomic mass is 10.3. The molecule has 1 aromatic rings. The van der Waals surface area contributed by atoms with Gasteiger partial charge in [0.25, 0.3) is 0 Å². The molecule has 0 aliphatic rings. The van der Waals surface area contributed by atoms with Crippen molar-refractivity contribution >= 4 is 11.6 Å². The van der Waals surface area contributed by atoms with E-state index >= 15 is 0 Å². The van der Waals surface area contributed by atoms with Crippen molar-refractivity contribution in [3.63, 3.8) is 0 Å². The Bertz CT molecular complexity index is 428. The van der Waals surface area contributed by atoms with Crippen LogP contribution in [0.3, 0.4) is 0 Å². The summed E-state index contributed by atoms with van der Waals surface area (Å²) < 4.78 is 5.51. The van der Waals surface area contributed by atoms with Gasteiger partial charge in [-0.15, -0.1) is 0 Å². The highest BCUT2D eigenvalue weighted by Gasteiger charge is 2.04. The summed E-state index contributed by atoms with van der Waals surface area (Å²) in [6.45, 7) is 6.52. The molecule has 0 aromatic heterocycles. The zero-order valence-corrected chi connectivity index (χ0v) is 11.2. The number of likely N-dealkylation sites (N-methyl/N-ethyl adjacent to an activating group) is 1. The summed E-state index contributed by atoms with van der Waals surface area (Å²) in [4.78, 5) is 13.4. The smallest absolute Gasteiger partial charge is 0.238 e. The van der Waals surface area contributed by atoms with Crippen LogP contribution in [0.15, 0.2) is 36.4 Å². The van der Waals surface area contributed by atoms with E-state index < -0.39 is 0 Å². The highest BCUT2D eigenvalue weighted by atomic mass is 16.5. The molecular weight excluding hydrogens is 228 g/mol. The van der Waals surface area contributed by atoms with Gasteiger partial charge < -0.3 is 15.0 Å². The second kappa shape index (κ2) is 6.81. The van der Waals surface area contributed by atoms with Crippen LogP contribution in [-0.2, 0) is 4.79 Å². The minimum atomic E-state index is -0.0444. The molecule has 0 spiro atoms. The van der Waals surface area contributed by atoms with Gasteiger partial charge in [0.2, 0.25) is 5.91 Å². The second-order valence-corrected chi connectivity index (χ2v) is 4.56. The lowest BCUT2D eigenvalue weighted by Gasteiger charge is -2.11. The highest BCUT2D eigenvalue weighted by Crippen LogP contribution is 2.17. The van der Waals surface area contributed by atoms with E-state index in [0.717, 1.165) is 17.0 Å². The maximum atomic E-state index is 11.6. The van der Waals surface area contributed by atoms with Crippen molar-refractivity contribution in [3.05, 3.63) is 36.4 Å². The van der Waals surface area contributed by atoms with E-state index in [9.17, 15) is 4.79 Å². The Hall–Kier alpha value is -1.81. The van der Waals surface area contributed by atoms with Crippen molar-refractivity contribution < 1.29 is 9.53 Å². The first-order valence-electron chi connectivity index (χ1n) is 5.79. The van der Waals surface area contributed by atoms with Crippen LogP contribution in [0.2, 0.25) is 0 Å². The molecule has 0 bridgehead atoms. The first kappa shape index (κ1) is 14.3. The van der Waals surface area contributed by atoms with Gasteiger partial charge in [-0.1, -0.05) is 12.6 Å². The first-order chi connectivity index (χ1) is 8.47. The van der Waals surface area contributed by atoms with Gasteiger partial charge in [0, 0.05) is 11.8 Å². The summed E-state index contributed by atoms with van der Waals surface area (Å²) in [5, 5.41) is 2.82. The summed E-state index contributed by atoms with van der Waals surface area (Å²) in [6, 6.07) is 7.33. The Morgan fingerprint density at radius 1 is 1.44 bits per heavy atom. The molecule has 18 heavy (non-hydrogen) atoms. The van der Waals surface area contributed by atoms with E-state index in [4.69, 9.17) is 4.74 Å². The van der Waals surface area contributed by atoms with Crippen LogP contribution >= 0.6 is 0 Å². The summed E-state index contributed by atoms with van der Waals surface area (Å²) in [5.74, 6) is 0.678. The van der Waals surface area contributed by atoms with Gasteiger partial charge in [-0.25, -0.2) is 0 Å². The fourth-order valence-electron chi connectivity index (χ4n) is 1.36. The molecule has 1 N–H and O–H groups in total. The van der Waals surface area contributed by atoms with Crippen LogP contribution in [-0.4, -0.2) is 38.1 Å². The molecule has 1 rings (SSSR count). The summed E-state index contributed by atoms with van der Waals surface area (Å²) >= 11 is 0. The first-order valence-corrected chi connectivity index (χ1v) is 5.79. The van der Waals surface area contributed by atoms with Crippen LogP contribution in [0, 0.1) is 0 Å². The van der Waals surface area contributed by atoms with E-state index in [1.807, 2.05) is 44.1 Å². The lowest BCUT2D eigenvalue weighted by molar-refractivity contribution is -0.116. The van der Waals surface area contributed by atoms with Crippen molar-refractivity contribution in [2.24, 2.45) is 0 Å². The Labute approximate surface area is 108 Å². The number of carbonyl (C=O) groups excluding carboxylic acids is 1. The van der Waals surface area contributed by atoms with Gasteiger partial charge in [0.15, 0.2) is 0 Å². The number of ether oxygens (including phenoxy) is 1. The molecule has 0 heterocycles. The van der Waals surface area contributed by atoms with E-state index in [-0.39, 0.29) is 5.91 Å². The number of hydrogen-bond donors (Lipinski definition) is 1. The van der Waals surface area contributed by atoms with Gasteiger partial charge in [-0.05, 0) is 38.7 Å². The van der Waals surface area contributed by atoms with Gasteiger partial charge in [0.05, 0.1) is 6.54 Å². The zero-order chi connectivity index (χ0) is 13.5. The molecule has 4 nitrogen and oxygen atoms in total. The summed E-state index contributed by atoms with van der Waals surface area (Å²) in [6.07, 6.45) is 0. The Balaban J connectivity index is 2.59. The predicted molar refractivity (Wildman–Crippen MR) is 73.9 cm³/mol. The zero-order valence-electron chi connectivity index (χ0n) is 11.2. The second-order valence-electron chi connectivity index (χ2n) is 4.56. The largest absolute Gasteiger partial charge is 0.489 e. The third-order valence-electron chi connectivity index (χ3n) is 2.06. The maximum Gasteiger partial charge on any atom is 0.238 e. The van der Waals surface area contributed by atoms with Gasteiger partial charge in [0.1, 0.15) is 12.4 Å². The minimum absolute atomic E-state index is 0.0444. The van der Waals surface area contributed by atoms with Gasteiger partial charge >= 0.3 is 0 Å². The topological polar surface area (TPSA) is 41.6 Å². The van der Waals surface area contributed by atoms with Crippen LogP contribution < -0.4 is 10.1 Å². The molecule has 0 radical (unpaired) electrons. The quantitative estimate of drug-likeness (QED) is 0.784. The van der Waals surface area contributed by atoms with Crippen LogP contribution in [0.5, 0.6) is 5.75 Å². The van der Waals surface area contributed by atoms with Crippen molar-refractivity contribution in [3.8, 4) is 5.75 Å². The van der Waals surface area contributed by atoms with Crippen LogP contribution in [0.4, 0.5) is 5.69 Å². The van der Waals surface area contributed by atoms with E-state index in [1.165, 1.54) is 0 Å². The molecule has 1 aromatic carbocycles. The molecule has 0 fully saturated rings. The van der Waals surface area contributed by atoms with Gasteiger partial charge in [-0.2, -0.15) is 0 Å². The molecule has 4 heteroatoms. The predicted octanol–water partition coefficient (Wildman–Crippen LogP) is 2.14. The van der Waals surface area contributed by atoms with Crippen molar-refractivity contribution in [1.82, 2.24) is 4.90 Å². The number of benzene rings is 1. The molecule has 0 unspecified atom stereocenters. The molecule has 1 amide bonds. The molecule has 0 saturated heterocycles. The maximum absolute atomic E-state index is 11.6. The molecular formula is C14H20N2O2. The summed E-state index contributed by atoms with van der Waals surface area (Å²) in [5.41, 5.74) is 1.69. The third kappa shape index (κ3) is 5.50. The fourth-order valence-corrected chi connectivity index (χ4v) is 1.36. The molecule has 0 aliphatic heterocycles. The van der Waals surface area contributed by atoms with E-state index in [0.29, 0.717) is 13.2 Å². The van der Waals surface area contributed by atoms with E-state index in [2.05, 4.69) is 11.9 Å². The van der Waals surface area contributed by atoms with Crippen molar-refractivity contribution in [2.45, 2.75) is 6.92 Å². The number of amides is 1. The highest BCUT2D eigenvalue weighted by molar-refractivity contribution is 5.92. The summed E-state index contributed by atoms with van der Waals surface area (Å²) in [7, 11) is 3.71. The molecule has 0 saturated carbocycles. The van der Waals surface area contributed by atoms with Gasteiger partial charge in [-0.3, -0.25) is 4.79 Å². The Morgan fingerprint density at radius 3 is 2.78 bits per heavy atom. The molecule has 0 aliphatic carbocycles. The fraction of sp³-hybridized carbons (Fsp3) is 0.357. The minimum Gasteiger partial charge on any atom is -0.489 e. The number of nitrogens with one attached hydrogen (secondary N) is 1.